The van der Waals surface area contributed by atoms with Crippen LogP contribution in [0.5, 0.6) is 0 Å². The Kier molecular flexibility index (Phi) is 2.57. The number of likely N-dealkylation sites (tertiary alicyclic amines) is 1. The van der Waals surface area contributed by atoms with Gasteiger partial charge in [-0.15, -0.1) is 0 Å². The quantitative estimate of drug-likeness (QED) is 0.636. The number of rotatable bonds is 1. The first-order valence-electron chi connectivity index (χ1n) is 5.12. The Balaban J connectivity index is 2.18. The van der Waals surface area contributed by atoms with Crippen LogP contribution < -0.4 is 0 Å². The fourth-order valence-electron chi connectivity index (χ4n) is 2.62. The molecule has 1 N–H and O–H groups in total. The van der Waals surface area contributed by atoms with Gasteiger partial charge in [-0.3, -0.25) is 0 Å². The van der Waals surface area contributed by atoms with Gasteiger partial charge in [-0.1, -0.05) is 6.92 Å². The molecule has 0 radical (unpaired) electrons. The van der Waals surface area contributed by atoms with Gasteiger partial charge in [0, 0.05) is 24.9 Å². The highest BCUT2D eigenvalue weighted by Crippen LogP contribution is 2.30. The van der Waals surface area contributed by atoms with Crippen LogP contribution in [0.3, 0.4) is 0 Å². The van der Waals surface area contributed by atoms with Crippen LogP contribution in [0.2, 0.25) is 0 Å². The average molecular weight is 219 g/mol. The highest BCUT2D eigenvalue weighted by Gasteiger charge is 2.43. The first-order valence-corrected chi connectivity index (χ1v) is 6.95. The van der Waals surface area contributed by atoms with Crippen molar-refractivity contribution in [2.75, 3.05) is 31.1 Å². The molecule has 0 aromatic carbocycles. The second-order valence-corrected chi connectivity index (χ2v) is 6.59. The Bertz CT molecular complexity index is 292. The van der Waals surface area contributed by atoms with E-state index >= 15 is 0 Å². The van der Waals surface area contributed by atoms with Gasteiger partial charge in [0.25, 0.3) is 0 Å². The van der Waals surface area contributed by atoms with Crippen LogP contribution in [0.25, 0.3) is 0 Å². The van der Waals surface area contributed by atoms with E-state index in [1.54, 1.807) is 0 Å². The second kappa shape index (κ2) is 3.47. The van der Waals surface area contributed by atoms with Crippen molar-refractivity contribution in [2.24, 2.45) is 11.8 Å². The van der Waals surface area contributed by atoms with Gasteiger partial charge in [-0.2, -0.15) is 0 Å². The van der Waals surface area contributed by atoms with E-state index in [-0.39, 0.29) is 23.3 Å². The zero-order chi connectivity index (χ0) is 10.3. The second-order valence-electron chi connectivity index (χ2n) is 4.44. The molecule has 2 aliphatic heterocycles. The lowest BCUT2D eigenvalue weighted by Gasteiger charge is -2.44. The maximum absolute atomic E-state index is 11.5. The Morgan fingerprint density at radius 2 is 1.79 bits per heavy atom. The van der Waals surface area contributed by atoms with Crippen molar-refractivity contribution in [1.82, 2.24) is 4.90 Å². The molecular formula is C9H17NO3S. The molecule has 14 heavy (non-hydrogen) atoms. The molecule has 2 heterocycles. The minimum atomic E-state index is -2.89. The molecule has 0 amide bonds. The molecule has 82 valence electrons. The van der Waals surface area contributed by atoms with Gasteiger partial charge < -0.3 is 10.0 Å². The van der Waals surface area contributed by atoms with Crippen molar-refractivity contribution in [3.63, 3.8) is 0 Å². The summed E-state index contributed by atoms with van der Waals surface area (Å²) in [6.07, 6.45) is -0.402. The zero-order valence-corrected chi connectivity index (χ0v) is 9.20. The van der Waals surface area contributed by atoms with E-state index in [1.165, 1.54) is 0 Å². The van der Waals surface area contributed by atoms with Crippen LogP contribution in [-0.2, 0) is 9.84 Å². The normalized spacial score (nSPS) is 42.3. The predicted octanol–water partition coefficient (Wildman–Crippen LogP) is -0.656. The molecule has 2 aliphatic rings. The molecule has 2 atom stereocenters. The molecule has 2 saturated heterocycles. The molecule has 2 rings (SSSR count). The summed E-state index contributed by atoms with van der Waals surface area (Å²) in [6.45, 7) is 4.47. The van der Waals surface area contributed by atoms with Crippen molar-refractivity contribution in [3.8, 4) is 0 Å². The maximum atomic E-state index is 11.5. The molecule has 0 aliphatic carbocycles. The lowest BCUT2D eigenvalue weighted by Crippen LogP contribution is -2.57. The van der Waals surface area contributed by atoms with E-state index in [0.29, 0.717) is 0 Å². The minimum Gasteiger partial charge on any atom is -0.392 e. The summed E-state index contributed by atoms with van der Waals surface area (Å²) in [6, 6.07) is 0. The van der Waals surface area contributed by atoms with Gasteiger partial charge in [0.15, 0.2) is 9.84 Å². The third-order valence-electron chi connectivity index (χ3n) is 3.33. The molecule has 2 bridgehead atoms. The molecule has 5 heteroatoms. The molecule has 2 fully saturated rings. The Morgan fingerprint density at radius 1 is 1.29 bits per heavy atom. The SMILES string of the molecule is CCN1CC2CS(=O)(=O)CC(C1)C2O. The third kappa shape index (κ3) is 1.81. The fraction of sp³-hybridized carbons (Fsp3) is 1.00. The largest absolute Gasteiger partial charge is 0.392 e. The monoisotopic (exact) mass is 219 g/mol. The van der Waals surface area contributed by atoms with Gasteiger partial charge in [-0.25, -0.2) is 8.42 Å². The van der Waals surface area contributed by atoms with Gasteiger partial charge >= 0.3 is 0 Å². The van der Waals surface area contributed by atoms with E-state index in [2.05, 4.69) is 11.8 Å². The molecule has 0 spiro atoms. The summed E-state index contributed by atoms with van der Waals surface area (Å²) < 4.78 is 23.0. The van der Waals surface area contributed by atoms with Gasteiger partial charge in [0.2, 0.25) is 0 Å². The molecule has 0 saturated carbocycles. The number of aliphatic hydroxyl groups is 1. The van der Waals surface area contributed by atoms with Crippen molar-refractivity contribution in [1.29, 1.82) is 0 Å². The van der Waals surface area contributed by atoms with Crippen molar-refractivity contribution in [2.45, 2.75) is 13.0 Å². The number of sulfone groups is 1. The number of piperidine rings is 1. The summed E-state index contributed by atoms with van der Waals surface area (Å²) >= 11 is 0. The van der Waals surface area contributed by atoms with Crippen LogP contribution in [0, 0.1) is 11.8 Å². The number of nitrogens with zero attached hydrogens (tertiary/aromatic N) is 1. The van der Waals surface area contributed by atoms with Crippen LogP contribution in [0.4, 0.5) is 0 Å². The van der Waals surface area contributed by atoms with Crippen molar-refractivity contribution < 1.29 is 13.5 Å². The van der Waals surface area contributed by atoms with Gasteiger partial charge in [0.1, 0.15) is 0 Å². The summed E-state index contributed by atoms with van der Waals surface area (Å²) in [7, 11) is -2.89. The smallest absolute Gasteiger partial charge is 0.151 e. The van der Waals surface area contributed by atoms with E-state index in [0.717, 1.165) is 19.6 Å². The molecule has 4 nitrogen and oxygen atoms in total. The topological polar surface area (TPSA) is 57.6 Å². The minimum absolute atomic E-state index is 0.0625. The highest BCUT2D eigenvalue weighted by atomic mass is 32.2. The summed E-state index contributed by atoms with van der Waals surface area (Å²) in [5.74, 6) is 0.211. The first-order chi connectivity index (χ1) is 6.52. The Labute approximate surface area is 84.8 Å². The number of fused-ring (bicyclic) bond motifs is 2. The zero-order valence-electron chi connectivity index (χ0n) is 8.39. The number of hydrogen-bond acceptors (Lipinski definition) is 4. The summed E-state index contributed by atoms with van der Waals surface area (Å²) in [5.41, 5.74) is 0. The molecule has 2 unspecified atom stereocenters. The highest BCUT2D eigenvalue weighted by molar-refractivity contribution is 7.91. The number of aliphatic hydroxyl groups excluding tert-OH is 1. The van der Waals surface area contributed by atoms with Gasteiger partial charge in [0.05, 0.1) is 17.6 Å². The van der Waals surface area contributed by atoms with E-state index < -0.39 is 15.9 Å². The van der Waals surface area contributed by atoms with Crippen LogP contribution in [0.15, 0.2) is 0 Å². The third-order valence-corrected chi connectivity index (χ3v) is 5.21. The summed E-state index contributed by atoms with van der Waals surface area (Å²) in [4.78, 5) is 2.23. The van der Waals surface area contributed by atoms with Crippen LogP contribution >= 0.6 is 0 Å². The number of hydrogen-bond donors (Lipinski definition) is 1. The van der Waals surface area contributed by atoms with E-state index in [9.17, 15) is 13.5 Å². The maximum Gasteiger partial charge on any atom is 0.151 e. The fourth-order valence-corrected chi connectivity index (χ4v) is 4.67. The van der Waals surface area contributed by atoms with E-state index in [1.807, 2.05) is 0 Å². The predicted molar refractivity (Wildman–Crippen MR) is 53.8 cm³/mol. The Morgan fingerprint density at radius 3 is 2.21 bits per heavy atom. The molecular weight excluding hydrogens is 202 g/mol. The molecule has 0 aromatic heterocycles. The standard InChI is InChI=1S/C9H17NO3S/c1-2-10-3-7-5-14(12,13)6-8(4-10)9(7)11/h7-9,11H,2-6H2,1H3. The first kappa shape index (κ1) is 10.4. The Hall–Kier alpha value is -0.130. The molecule has 0 aromatic rings. The van der Waals surface area contributed by atoms with E-state index in [4.69, 9.17) is 0 Å². The van der Waals surface area contributed by atoms with Crippen molar-refractivity contribution >= 4 is 9.84 Å². The van der Waals surface area contributed by atoms with Crippen LogP contribution in [-0.4, -0.2) is 55.7 Å². The average Bonchev–Trinajstić information content (AvgIpc) is 2.07. The van der Waals surface area contributed by atoms with Crippen molar-refractivity contribution in [3.05, 3.63) is 0 Å². The lowest BCUT2D eigenvalue weighted by molar-refractivity contribution is -0.00887. The summed E-state index contributed by atoms with van der Waals surface area (Å²) in [5, 5.41) is 9.84. The van der Waals surface area contributed by atoms with Gasteiger partial charge in [-0.05, 0) is 6.54 Å². The lowest BCUT2D eigenvalue weighted by atomic mass is 9.87. The van der Waals surface area contributed by atoms with Crippen LogP contribution in [0.1, 0.15) is 6.92 Å².